The van der Waals surface area contributed by atoms with E-state index in [1.54, 1.807) is 0 Å². The Labute approximate surface area is 328 Å². The van der Waals surface area contributed by atoms with Gasteiger partial charge in [0.15, 0.2) is 23.3 Å². The molecular weight excluding hydrogens is 689 g/mol. The highest BCUT2D eigenvalue weighted by Crippen LogP contribution is 2.41. The predicted molar refractivity (Wildman–Crippen MR) is 231 cm³/mol. The van der Waals surface area contributed by atoms with Crippen LogP contribution in [0.1, 0.15) is 105 Å². The summed E-state index contributed by atoms with van der Waals surface area (Å²) in [5.41, 5.74) is 11.1. The zero-order valence-electron chi connectivity index (χ0n) is 34.6. The molecule has 2 aliphatic heterocycles. The SMILES string of the molecule is CC(C)(C)c1ccc2c(c1)-c1nc3nc(nc4[nH]c(nc5[nH]c(nc-2n1)c1cc(C(C)(C)C)ccc51)c1ccc(C(C)(C)C)cc41)-c1ccc(C(C)(C)C)cc1-3. The molecule has 0 saturated carbocycles. The van der Waals surface area contributed by atoms with Crippen LogP contribution in [0.2, 0.25) is 0 Å². The van der Waals surface area contributed by atoms with Crippen LogP contribution in [0.5, 0.6) is 0 Å². The van der Waals surface area contributed by atoms with Crippen molar-refractivity contribution in [3.05, 3.63) is 95.1 Å². The van der Waals surface area contributed by atoms with Crippen molar-refractivity contribution >= 4 is 44.1 Å². The zero-order chi connectivity index (χ0) is 39.7. The second-order valence-corrected chi connectivity index (χ2v) is 19.7. The molecule has 0 amide bonds. The molecule has 56 heavy (non-hydrogen) atoms. The normalized spacial score (nSPS) is 13.4. The molecule has 2 aliphatic rings. The van der Waals surface area contributed by atoms with E-state index in [1.165, 1.54) is 22.3 Å². The van der Waals surface area contributed by atoms with E-state index in [2.05, 4.69) is 166 Å². The Balaban J connectivity index is 1.47. The molecule has 282 valence electrons. The van der Waals surface area contributed by atoms with Gasteiger partial charge in [-0.3, -0.25) is 0 Å². The number of aromatic nitrogens is 8. The number of benzene rings is 4. The molecule has 5 heterocycles. The minimum Gasteiger partial charge on any atom is -0.324 e. The van der Waals surface area contributed by atoms with Gasteiger partial charge in [-0.05, 0) is 68.2 Å². The lowest BCUT2D eigenvalue weighted by molar-refractivity contribution is 0.590. The molecule has 0 atom stereocenters. The third kappa shape index (κ3) is 5.97. The van der Waals surface area contributed by atoms with Crippen LogP contribution in [-0.4, -0.2) is 39.9 Å². The Hall–Kier alpha value is -5.76. The molecule has 0 unspecified atom stereocenters. The smallest absolute Gasteiger partial charge is 0.164 e. The highest BCUT2D eigenvalue weighted by Gasteiger charge is 2.28. The van der Waals surface area contributed by atoms with E-state index >= 15 is 0 Å². The number of hydrogen-bond acceptors (Lipinski definition) is 6. The molecule has 0 saturated heterocycles. The van der Waals surface area contributed by atoms with E-state index in [9.17, 15) is 0 Å². The maximum Gasteiger partial charge on any atom is 0.164 e. The molecule has 7 aromatic rings. The van der Waals surface area contributed by atoms with Gasteiger partial charge in [0.2, 0.25) is 0 Å². The van der Waals surface area contributed by atoms with Gasteiger partial charge in [-0.2, -0.15) is 0 Å². The Bertz CT molecular complexity index is 2750. The molecule has 8 bridgehead atoms. The minimum atomic E-state index is -0.0754. The quantitative estimate of drug-likeness (QED) is 0.160. The summed E-state index contributed by atoms with van der Waals surface area (Å²) in [6, 6.07) is 26.3. The van der Waals surface area contributed by atoms with Gasteiger partial charge < -0.3 is 9.97 Å². The van der Waals surface area contributed by atoms with Crippen LogP contribution >= 0.6 is 0 Å². The van der Waals surface area contributed by atoms with Gasteiger partial charge in [-0.15, -0.1) is 0 Å². The van der Waals surface area contributed by atoms with Crippen molar-refractivity contribution in [3.63, 3.8) is 0 Å². The summed E-state index contributed by atoms with van der Waals surface area (Å²) in [5.74, 6) is 2.37. The van der Waals surface area contributed by atoms with Crippen LogP contribution in [0.3, 0.4) is 0 Å². The van der Waals surface area contributed by atoms with E-state index in [0.717, 1.165) is 43.8 Å². The van der Waals surface area contributed by atoms with Gasteiger partial charge in [0.25, 0.3) is 0 Å². The van der Waals surface area contributed by atoms with Crippen LogP contribution in [0.15, 0.2) is 72.8 Å². The summed E-state index contributed by atoms with van der Waals surface area (Å²) in [6.45, 7) is 26.8. The third-order valence-corrected chi connectivity index (χ3v) is 11.3. The van der Waals surface area contributed by atoms with Gasteiger partial charge in [-0.25, -0.2) is 29.9 Å². The molecule has 8 nitrogen and oxygen atoms in total. The maximum atomic E-state index is 5.32. The zero-order valence-corrected chi connectivity index (χ0v) is 34.6. The van der Waals surface area contributed by atoms with E-state index in [1.807, 2.05) is 0 Å². The van der Waals surface area contributed by atoms with Gasteiger partial charge in [-0.1, -0.05) is 132 Å². The van der Waals surface area contributed by atoms with Crippen LogP contribution in [0.25, 0.3) is 89.7 Å². The lowest BCUT2D eigenvalue weighted by atomic mass is 9.85. The second-order valence-electron chi connectivity index (χ2n) is 19.7. The Kier molecular flexibility index (Phi) is 7.61. The molecule has 0 fully saturated rings. The van der Waals surface area contributed by atoms with Crippen molar-refractivity contribution in [2.75, 3.05) is 0 Å². The highest BCUT2D eigenvalue weighted by molar-refractivity contribution is 6.08. The monoisotopic (exact) mass is 738 g/mol. The summed E-state index contributed by atoms with van der Waals surface area (Å²) >= 11 is 0. The molecule has 8 heteroatoms. The standard InChI is InChI=1S/C48H50N8/c1-45(2,3)25-13-17-29-33(21-25)41-50-37(29)49-38-30-18-14-26(46(4,5)6)22-34(30)42(51-38)53-40-32-20-16-28(48(10,11)12)24-36(32)44(55-40)56-43-35-23-27(47(7,8)9)15-19-31(35)39(52-41)54-43/h13-24H,1-12H3,(H2,49,50,51,52,53,54,55,56). The first-order valence-corrected chi connectivity index (χ1v) is 19.6. The van der Waals surface area contributed by atoms with Crippen molar-refractivity contribution in [1.82, 2.24) is 39.9 Å². The van der Waals surface area contributed by atoms with E-state index in [-0.39, 0.29) is 21.7 Å². The van der Waals surface area contributed by atoms with Crippen LogP contribution in [0, 0.1) is 0 Å². The Morgan fingerprint density at radius 3 is 0.964 bits per heavy atom. The summed E-state index contributed by atoms with van der Waals surface area (Å²) in [5, 5.41) is 3.93. The number of H-pyrrole nitrogens is 2. The van der Waals surface area contributed by atoms with Crippen molar-refractivity contribution in [2.24, 2.45) is 0 Å². The van der Waals surface area contributed by atoms with Gasteiger partial charge in [0.1, 0.15) is 22.6 Å². The van der Waals surface area contributed by atoms with Crippen molar-refractivity contribution in [1.29, 1.82) is 0 Å². The number of nitrogens with one attached hydrogen (secondary N) is 2. The topological polar surface area (TPSA) is 109 Å². The van der Waals surface area contributed by atoms with Crippen LogP contribution < -0.4 is 0 Å². The minimum absolute atomic E-state index is 0.0619. The number of rotatable bonds is 0. The molecular formula is C48H50N8. The number of nitrogens with zero attached hydrogens (tertiary/aromatic N) is 6. The summed E-state index contributed by atoms with van der Waals surface area (Å²) in [7, 11) is 0. The first kappa shape index (κ1) is 35.9. The third-order valence-electron chi connectivity index (χ3n) is 11.3. The lowest BCUT2D eigenvalue weighted by Gasteiger charge is -2.20. The molecule has 4 aromatic carbocycles. The Morgan fingerprint density at radius 1 is 0.304 bits per heavy atom. The predicted octanol–water partition coefficient (Wildman–Crippen LogP) is 12.1. The fourth-order valence-electron chi connectivity index (χ4n) is 7.66. The Morgan fingerprint density at radius 2 is 0.607 bits per heavy atom. The lowest BCUT2D eigenvalue weighted by Crippen LogP contribution is -2.11. The molecule has 0 radical (unpaired) electrons. The molecule has 0 aliphatic carbocycles. The summed E-state index contributed by atoms with van der Waals surface area (Å²) < 4.78 is 0. The fourth-order valence-corrected chi connectivity index (χ4v) is 7.66. The van der Waals surface area contributed by atoms with Crippen molar-refractivity contribution < 1.29 is 0 Å². The average Bonchev–Trinajstić information content (AvgIpc) is 3.84. The van der Waals surface area contributed by atoms with Gasteiger partial charge in [0, 0.05) is 43.8 Å². The van der Waals surface area contributed by atoms with Crippen LogP contribution in [0.4, 0.5) is 0 Å². The molecule has 3 aromatic heterocycles. The van der Waals surface area contributed by atoms with Crippen LogP contribution in [-0.2, 0) is 21.7 Å². The highest BCUT2D eigenvalue weighted by atomic mass is 15.1. The number of aromatic amines is 2. The van der Waals surface area contributed by atoms with Crippen molar-refractivity contribution in [3.8, 4) is 45.6 Å². The summed E-state index contributed by atoms with van der Waals surface area (Å²) in [6.07, 6.45) is 0. The number of fused-ring (bicyclic) bond motifs is 20. The fraction of sp³-hybridized carbons (Fsp3) is 0.333. The van der Waals surface area contributed by atoms with Crippen molar-refractivity contribution in [2.45, 2.75) is 105 Å². The largest absolute Gasteiger partial charge is 0.324 e. The molecule has 0 spiro atoms. The van der Waals surface area contributed by atoms with Gasteiger partial charge in [0.05, 0.1) is 0 Å². The van der Waals surface area contributed by atoms with E-state index in [0.29, 0.717) is 45.9 Å². The average molecular weight is 739 g/mol. The molecule has 9 rings (SSSR count). The first-order chi connectivity index (χ1) is 26.2. The molecule has 2 N–H and O–H groups in total. The number of hydrogen-bond donors (Lipinski definition) is 2. The second kappa shape index (κ2) is 11.9. The summed E-state index contributed by atoms with van der Waals surface area (Å²) in [4.78, 5) is 38.9. The maximum absolute atomic E-state index is 5.32. The first-order valence-electron chi connectivity index (χ1n) is 19.6. The van der Waals surface area contributed by atoms with E-state index in [4.69, 9.17) is 29.9 Å². The van der Waals surface area contributed by atoms with Gasteiger partial charge >= 0.3 is 0 Å². The van der Waals surface area contributed by atoms with E-state index < -0.39 is 0 Å².